The lowest BCUT2D eigenvalue weighted by atomic mass is 9.93. The highest BCUT2D eigenvalue weighted by atomic mass is 32.2. The number of sulfonamides is 1. The van der Waals surface area contributed by atoms with Gasteiger partial charge in [-0.3, -0.25) is 4.79 Å². The van der Waals surface area contributed by atoms with E-state index >= 15 is 0 Å². The largest absolute Gasteiger partial charge is 0.439 e. The first-order valence-corrected chi connectivity index (χ1v) is 9.10. The monoisotopic (exact) mass is 345 g/mol. The minimum atomic E-state index is -3.94. The third kappa shape index (κ3) is 2.69. The van der Waals surface area contributed by atoms with Gasteiger partial charge >= 0.3 is 6.09 Å². The van der Waals surface area contributed by atoms with Gasteiger partial charge in [-0.15, -0.1) is 11.3 Å². The van der Waals surface area contributed by atoms with Gasteiger partial charge in [-0.05, 0) is 24.3 Å². The number of primary sulfonamides is 1. The van der Waals surface area contributed by atoms with Crippen LogP contribution in [0.4, 0.5) is 4.79 Å². The lowest BCUT2D eigenvalue weighted by Gasteiger charge is -2.38. The van der Waals surface area contributed by atoms with E-state index in [9.17, 15) is 18.0 Å². The smallest absolute Gasteiger partial charge is 0.407 e. The van der Waals surface area contributed by atoms with Crippen LogP contribution < -0.4 is 10.5 Å². The molecular formula is C12H15N3O5S2. The Bertz CT molecular complexity index is 729. The van der Waals surface area contributed by atoms with Crippen molar-refractivity contribution in [3.63, 3.8) is 0 Å². The SMILES string of the molecule is NS(=O)(=O)c1ccsc1C(=O)N1CCCC2(CNC(=O)O2)C1. The molecule has 0 aliphatic carbocycles. The third-order valence-electron chi connectivity index (χ3n) is 3.82. The summed E-state index contributed by atoms with van der Waals surface area (Å²) in [5, 5.41) is 9.25. The summed E-state index contributed by atoms with van der Waals surface area (Å²) in [4.78, 5) is 25.3. The molecule has 1 unspecified atom stereocenters. The van der Waals surface area contributed by atoms with Crippen LogP contribution in [0.2, 0.25) is 0 Å². The van der Waals surface area contributed by atoms with E-state index in [1.807, 2.05) is 0 Å². The minimum absolute atomic E-state index is 0.0943. The van der Waals surface area contributed by atoms with Crippen molar-refractivity contribution in [2.45, 2.75) is 23.3 Å². The maximum absolute atomic E-state index is 12.6. The van der Waals surface area contributed by atoms with Crippen LogP contribution in [0, 0.1) is 0 Å². The number of piperidine rings is 1. The van der Waals surface area contributed by atoms with Gasteiger partial charge in [0.25, 0.3) is 5.91 Å². The molecule has 2 aliphatic heterocycles. The Morgan fingerprint density at radius 3 is 2.91 bits per heavy atom. The van der Waals surface area contributed by atoms with Crippen LogP contribution in [0.1, 0.15) is 22.5 Å². The van der Waals surface area contributed by atoms with Crippen LogP contribution in [0.25, 0.3) is 0 Å². The molecule has 2 aliphatic rings. The lowest BCUT2D eigenvalue weighted by molar-refractivity contribution is -0.00498. The zero-order chi connectivity index (χ0) is 16.0. The summed E-state index contributed by atoms with van der Waals surface area (Å²) in [5.74, 6) is -0.402. The molecule has 0 saturated carbocycles. The highest BCUT2D eigenvalue weighted by molar-refractivity contribution is 7.89. The van der Waals surface area contributed by atoms with E-state index in [0.29, 0.717) is 25.9 Å². The van der Waals surface area contributed by atoms with Crippen LogP contribution in [-0.4, -0.2) is 50.6 Å². The molecule has 3 N–H and O–H groups in total. The zero-order valence-electron chi connectivity index (χ0n) is 11.6. The molecule has 2 amide bonds. The maximum atomic E-state index is 12.6. The molecule has 1 spiro atoms. The minimum Gasteiger partial charge on any atom is -0.439 e. The van der Waals surface area contributed by atoms with E-state index in [2.05, 4.69) is 5.32 Å². The second kappa shape index (κ2) is 5.21. The molecule has 0 bridgehead atoms. The number of nitrogens with zero attached hydrogens (tertiary/aromatic N) is 1. The predicted octanol–water partition coefficient (Wildman–Crippen LogP) is 0.110. The Morgan fingerprint density at radius 1 is 1.50 bits per heavy atom. The second-order valence-corrected chi connectivity index (χ2v) is 7.86. The number of hydrogen-bond donors (Lipinski definition) is 2. The number of thiophene rings is 1. The van der Waals surface area contributed by atoms with Crippen LogP contribution in [0.3, 0.4) is 0 Å². The van der Waals surface area contributed by atoms with Crippen LogP contribution >= 0.6 is 11.3 Å². The van der Waals surface area contributed by atoms with E-state index in [1.165, 1.54) is 16.3 Å². The zero-order valence-corrected chi connectivity index (χ0v) is 13.2. The van der Waals surface area contributed by atoms with Gasteiger partial charge in [0.05, 0.1) is 13.1 Å². The van der Waals surface area contributed by atoms with Crippen molar-refractivity contribution in [2.75, 3.05) is 19.6 Å². The fourth-order valence-corrected chi connectivity index (χ4v) is 4.76. The summed E-state index contributed by atoms with van der Waals surface area (Å²) in [5.41, 5.74) is -0.718. The quantitative estimate of drug-likeness (QED) is 0.788. The molecule has 1 atom stereocenters. The number of carbonyl (C=O) groups is 2. The molecular weight excluding hydrogens is 330 g/mol. The molecule has 1 aromatic heterocycles. The third-order valence-corrected chi connectivity index (χ3v) is 5.81. The summed E-state index contributed by atoms with van der Waals surface area (Å²) in [7, 11) is -3.94. The number of ether oxygens (including phenoxy) is 1. The first-order chi connectivity index (χ1) is 10.3. The number of nitrogens with one attached hydrogen (secondary N) is 1. The van der Waals surface area contributed by atoms with Gasteiger partial charge in [0, 0.05) is 6.54 Å². The average molecular weight is 345 g/mol. The summed E-state index contributed by atoms with van der Waals surface area (Å²) in [6.45, 7) is 1.08. The van der Waals surface area contributed by atoms with Crippen molar-refractivity contribution >= 4 is 33.4 Å². The Morgan fingerprint density at radius 2 is 2.27 bits per heavy atom. The van der Waals surface area contributed by atoms with E-state index in [-0.39, 0.29) is 16.3 Å². The maximum Gasteiger partial charge on any atom is 0.407 e. The van der Waals surface area contributed by atoms with E-state index < -0.39 is 27.6 Å². The van der Waals surface area contributed by atoms with Crippen LogP contribution in [0.5, 0.6) is 0 Å². The van der Waals surface area contributed by atoms with Crippen molar-refractivity contribution < 1.29 is 22.7 Å². The van der Waals surface area contributed by atoms with Crippen molar-refractivity contribution in [1.82, 2.24) is 10.2 Å². The highest BCUT2D eigenvalue weighted by Gasteiger charge is 2.45. The number of rotatable bonds is 2. The molecule has 0 aromatic carbocycles. The van der Waals surface area contributed by atoms with Gasteiger partial charge in [0.15, 0.2) is 0 Å². The van der Waals surface area contributed by atoms with Crippen molar-refractivity contribution in [2.24, 2.45) is 5.14 Å². The van der Waals surface area contributed by atoms with Crippen molar-refractivity contribution in [1.29, 1.82) is 0 Å². The molecule has 2 fully saturated rings. The number of amides is 2. The summed E-state index contributed by atoms with van der Waals surface area (Å²) < 4.78 is 28.4. The molecule has 10 heteroatoms. The van der Waals surface area contributed by atoms with Gasteiger partial charge in [0.2, 0.25) is 10.0 Å². The molecule has 8 nitrogen and oxygen atoms in total. The van der Waals surface area contributed by atoms with Crippen molar-refractivity contribution in [3.05, 3.63) is 16.3 Å². The number of carbonyl (C=O) groups excluding carboxylic acids is 2. The Balaban J connectivity index is 1.84. The first-order valence-electron chi connectivity index (χ1n) is 6.67. The fraction of sp³-hybridized carbons (Fsp3) is 0.500. The molecule has 0 radical (unpaired) electrons. The van der Waals surface area contributed by atoms with E-state index in [1.54, 1.807) is 0 Å². The van der Waals surface area contributed by atoms with E-state index in [4.69, 9.17) is 9.88 Å². The Hall–Kier alpha value is -1.65. The lowest BCUT2D eigenvalue weighted by Crippen LogP contribution is -2.52. The normalized spacial score (nSPS) is 25.1. The highest BCUT2D eigenvalue weighted by Crippen LogP contribution is 2.30. The van der Waals surface area contributed by atoms with Crippen LogP contribution in [-0.2, 0) is 14.8 Å². The van der Waals surface area contributed by atoms with Gasteiger partial charge in [-0.25, -0.2) is 18.4 Å². The molecule has 2 saturated heterocycles. The van der Waals surface area contributed by atoms with Gasteiger partial charge in [0.1, 0.15) is 15.4 Å². The molecule has 3 rings (SSSR count). The summed E-state index contributed by atoms with van der Waals surface area (Å²) >= 11 is 1.04. The summed E-state index contributed by atoms with van der Waals surface area (Å²) in [6.07, 6.45) is 0.856. The molecule has 1 aromatic rings. The molecule has 3 heterocycles. The Labute approximate surface area is 131 Å². The van der Waals surface area contributed by atoms with Gasteiger partial charge in [-0.2, -0.15) is 0 Å². The summed E-state index contributed by atoms with van der Waals surface area (Å²) in [6, 6.07) is 1.32. The number of alkyl carbamates (subject to hydrolysis) is 1. The van der Waals surface area contributed by atoms with Crippen molar-refractivity contribution in [3.8, 4) is 0 Å². The number of hydrogen-bond acceptors (Lipinski definition) is 6. The van der Waals surface area contributed by atoms with Gasteiger partial charge < -0.3 is 15.0 Å². The first kappa shape index (κ1) is 15.3. The van der Waals surface area contributed by atoms with Crippen LogP contribution in [0.15, 0.2) is 16.3 Å². The topological polar surface area (TPSA) is 119 Å². The molecule has 22 heavy (non-hydrogen) atoms. The predicted molar refractivity (Wildman–Crippen MR) is 78.0 cm³/mol. The van der Waals surface area contributed by atoms with Gasteiger partial charge in [-0.1, -0.05) is 0 Å². The Kier molecular flexibility index (Phi) is 3.62. The average Bonchev–Trinajstić information content (AvgIpc) is 3.05. The second-order valence-electron chi connectivity index (χ2n) is 5.42. The fourth-order valence-electron chi connectivity index (χ4n) is 2.82. The molecule has 120 valence electrons. The number of nitrogens with two attached hydrogens (primary N) is 1. The number of likely N-dealkylation sites (tertiary alicyclic amines) is 1. The standard InChI is InChI=1S/C12H15N3O5S2/c13-22(18,19)8-2-5-21-9(8)10(16)15-4-1-3-12(7-15)6-14-11(17)20-12/h2,5H,1,3-4,6-7H2,(H,14,17)(H2,13,18,19). The van der Waals surface area contributed by atoms with E-state index in [0.717, 1.165) is 11.3 Å².